The molecule has 0 aliphatic heterocycles. The molecule has 1 aromatic heterocycles. The molecule has 0 atom stereocenters. The first kappa shape index (κ1) is 18.7. The van der Waals surface area contributed by atoms with Gasteiger partial charge in [-0.2, -0.15) is 0 Å². The summed E-state index contributed by atoms with van der Waals surface area (Å²) in [7, 11) is -3.65. The number of benzene rings is 1. The zero-order valence-corrected chi connectivity index (χ0v) is 15.1. The maximum Gasteiger partial charge on any atom is 0.241 e. The molecule has 1 N–H and O–H groups in total. The Kier molecular flexibility index (Phi) is 7.02. The molecule has 24 heavy (non-hydrogen) atoms. The molecule has 0 bridgehead atoms. The molecule has 130 valence electrons. The lowest BCUT2D eigenvalue weighted by atomic mass is 10.3. The van der Waals surface area contributed by atoms with Crippen LogP contribution in [0.5, 0.6) is 5.75 Å². The molecule has 0 saturated carbocycles. The Morgan fingerprint density at radius 3 is 2.79 bits per heavy atom. The third kappa shape index (κ3) is 5.47. The topological polar surface area (TPSA) is 68.3 Å². The second kappa shape index (κ2) is 9.01. The largest absolute Gasteiger partial charge is 0.492 e. The molecule has 0 unspecified atom stereocenters. The van der Waals surface area contributed by atoms with Gasteiger partial charge in [-0.15, -0.1) is 0 Å². The highest BCUT2D eigenvalue weighted by molar-refractivity contribution is 7.89. The van der Waals surface area contributed by atoms with Crippen LogP contribution in [0.15, 0.2) is 47.6 Å². The van der Waals surface area contributed by atoms with Gasteiger partial charge in [0.2, 0.25) is 10.0 Å². The van der Waals surface area contributed by atoms with E-state index >= 15 is 0 Å². The van der Waals surface area contributed by atoms with E-state index in [0.717, 1.165) is 24.8 Å². The van der Waals surface area contributed by atoms with Crippen LogP contribution in [0.4, 0.5) is 0 Å². The van der Waals surface area contributed by atoms with Crippen molar-refractivity contribution in [2.75, 3.05) is 6.61 Å². The third-order valence-corrected chi connectivity index (χ3v) is 5.12. The fraction of sp³-hybridized carbons (Fsp3) is 0.353. The Hall–Kier alpha value is -1.63. The Morgan fingerprint density at radius 2 is 2.08 bits per heavy atom. The number of unbranched alkanes of at least 4 members (excludes halogenated alkanes) is 2. The molecule has 5 nitrogen and oxygen atoms in total. The molecular formula is C17H21ClN2O3S. The van der Waals surface area contributed by atoms with E-state index in [2.05, 4.69) is 16.6 Å². The van der Waals surface area contributed by atoms with Crippen molar-refractivity contribution in [2.24, 2.45) is 0 Å². The summed E-state index contributed by atoms with van der Waals surface area (Å²) in [6, 6.07) is 8.02. The van der Waals surface area contributed by atoms with Gasteiger partial charge >= 0.3 is 0 Å². The number of sulfonamides is 1. The average molecular weight is 369 g/mol. The van der Waals surface area contributed by atoms with Gasteiger partial charge in [0.05, 0.1) is 16.5 Å². The van der Waals surface area contributed by atoms with Gasteiger partial charge in [-0.3, -0.25) is 4.98 Å². The standard InChI is InChI=1S/C17H21ClN2O3S/c1-2-3-4-10-23-17-11-15(7-8-16(17)18)24(21,22)20-13-14-6-5-9-19-12-14/h5-9,11-12,20H,2-4,10,13H2,1H3. The maximum atomic E-state index is 12.4. The van der Waals surface area contributed by atoms with Gasteiger partial charge < -0.3 is 4.74 Å². The van der Waals surface area contributed by atoms with E-state index in [1.807, 2.05) is 0 Å². The summed E-state index contributed by atoms with van der Waals surface area (Å²) in [6.07, 6.45) is 6.31. The minimum Gasteiger partial charge on any atom is -0.492 e. The number of nitrogens with one attached hydrogen (secondary N) is 1. The smallest absolute Gasteiger partial charge is 0.241 e. The summed E-state index contributed by atoms with van der Waals surface area (Å²) in [4.78, 5) is 4.09. The van der Waals surface area contributed by atoms with E-state index in [4.69, 9.17) is 16.3 Å². The fourth-order valence-corrected chi connectivity index (χ4v) is 3.26. The normalized spacial score (nSPS) is 11.4. The first-order valence-electron chi connectivity index (χ1n) is 7.84. The van der Waals surface area contributed by atoms with E-state index in [-0.39, 0.29) is 11.4 Å². The third-order valence-electron chi connectivity index (χ3n) is 3.41. The Balaban J connectivity index is 2.06. The molecule has 2 aromatic rings. The van der Waals surface area contributed by atoms with Crippen molar-refractivity contribution in [2.45, 2.75) is 37.6 Å². The van der Waals surface area contributed by atoms with Gasteiger partial charge in [0.15, 0.2) is 0 Å². The second-order valence-electron chi connectivity index (χ2n) is 5.33. The molecular weight excluding hydrogens is 348 g/mol. The maximum absolute atomic E-state index is 12.4. The Bertz CT molecular complexity index is 752. The number of rotatable bonds is 9. The van der Waals surface area contributed by atoms with Gasteiger partial charge in [0, 0.05) is 25.0 Å². The summed E-state index contributed by atoms with van der Waals surface area (Å²) in [5, 5.41) is 0.401. The molecule has 0 spiro atoms. The number of nitrogens with zero attached hydrogens (tertiary/aromatic N) is 1. The van der Waals surface area contributed by atoms with Gasteiger partial charge in [-0.1, -0.05) is 37.4 Å². The monoisotopic (exact) mass is 368 g/mol. The minimum absolute atomic E-state index is 0.126. The number of aromatic nitrogens is 1. The SMILES string of the molecule is CCCCCOc1cc(S(=O)(=O)NCc2cccnc2)ccc1Cl. The van der Waals surface area contributed by atoms with Crippen LogP contribution in [0.2, 0.25) is 5.02 Å². The van der Waals surface area contributed by atoms with E-state index in [1.54, 1.807) is 24.5 Å². The average Bonchev–Trinajstić information content (AvgIpc) is 2.59. The molecule has 1 heterocycles. The highest BCUT2D eigenvalue weighted by Gasteiger charge is 2.16. The molecule has 1 aromatic carbocycles. The van der Waals surface area contributed by atoms with Crippen molar-refractivity contribution in [3.05, 3.63) is 53.3 Å². The van der Waals surface area contributed by atoms with Crippen molar-refractivity contribution < 1.29 is 13.2 Å². The number of hydrogen-bond acceptors (Lipinski definition) is 4. The van der Waals surface area contributed by atoms with E-state index in [0.29, 0.717) is 17.4 Å². The summed E-state index contributed by atoms with van der Waals surface area (Å²) in [5.74, 6) is 0.386. The molecule has 0 amide bonds. The molecule has 0 aliphatic carbocycles. The molecule has 0 radical (unpaired) electrons. The van der Waals surface area contributed by atoms with Crippen LogP contribution < -0.4 is 9.46 Å². The first-order chi connectivity index (χ1) is 11.5. The van der Waals surface area contributed by atoms with Gasteiger partial charge in [-0.25, -0.2) is 13.1 Å². The van der Waals surface area contributed by atoms with Crippen LogP contribution in [0, 0.1) is 0 Å². The van der Waals surface area contributed by atoms with E-state index in [1.165, 1.54) is 18.2 Å². The van der Waals surface area contributed by atoms with Crippen molar-refractivity contribution in [1.29, 1.82) is 0 Å². The molecule has 0 aliphatic rings. The molecule has 2 rings (SSSR count). The van der Waals surface area contributed by atoms with Crippen LogP contribution in [-0.2, 0) is 16.6 Å². The molecule has 0 saturated heterocycles. The van der Waals surface area contributed by atoms with Gasteiger partial charge in [0.1, 0.15) is 5.75 Å². The number of halogens is 1. The van der Waals surface area contributed by atoms with Gasteiger partial charge in [0.25, 0.3) is 0 Å². The predicted octanol–water partition coefficient (Wildman–Crippen LogP) is 3.78. The Labute approximate surface area is 148 Å². The number of pyridine rings is 1. The number of ether oxygens (including phenoxy) is 1. The van der Waals surface area contributed by atoms with Crippen LogP contribution in [0.3, 0.4) is 0 Å². The summed E-state index contributed by atoms with van der Waals surface area (Å²) in [6.45, 7) is 2.79. The number of hydrogen-bond donors (Lipinski definition) is 1. The lowest BCUT2D eigenvalue weighted by molar-refractivity contribution is 0.305. The van der Waals surface area contributed by atoms with Crippen molar-refractivity contribution in [3.8, 4) is 5.75 Å². The summed E-state index contributed by atoms with van der Waals surface area (Å²) in [5.41, 5.74) is 0.783. The lowest BCUT2D eigenvalue weighted by Gasteiger charge is -2.11. The zero-order chi connectivity index (χ0) is 17.4. The lowest BCUT2D eigenvalue weighted by Crippen LogP contribution is -2.23. The predicted molar refractivity (Wildman–Crippen MR) is 94.7 cm³/mol. The summed E-state index contributed by atoms with van der Waals surface area (Å²) >= 11 is 6.08. The highest BCUT2D eigenvalue weighted by atomic mass is 35.5. The van der Waals surface area contributed by atoms with Crippen molar-refractivity contribution >= 4 is 21.6 Å². The zero-order valence-electron chi connectivity index (χ0n) is 13.5. The quantitative estimate of drug-likeness (QED) is 0.684. The fourth-order valence-electron chi connectivity index (χ4n) is 2.06. The second-order valence-corrected chi connectivity index (χ2v) is 7.51. The van der Waals surface area contributed by atoms with E-state index in [9.17, 15) is 8.42 Å². The minimum atomic E-state index is -3.65. The summed E-state index contributed by atoms with van der Waals surface area (Å²) < 4.78 is 33.0. The van der Waals surface area contributed by atoms with E-state index < -0.39 is 10.0 Å². The molecule has 0 fully saturated rings. The van der Waals surface area contributed by atoms with Crippen molar-refractivity contribution in [1.82, 2.24) is 9.71 Å². The van der Waals surface area contributed by atoms with Crippen LogP contribution in [0.25, 0.3) is 0 Å². The van der Waals surface area contributed by atoms with Crippen molar-refractivity contribution in [3.63, 3.8) is 0 Å². The first-order valence-corrected chi connectivity index (χ1v) is 9.70. The Morgan fingerprint density at radius 1 is 1.25 bits per heavy atom. The van der Waals surface area contributed by atoms with Gasteiger partial charge in [-0.05, 0) is 30.2 Å². The van der Waals surface area contributed by atoms with Crippen LogP contribution >= 0.6 is 11.6 Å². The molecule has 7 heteroatoms. The van der Waals surface area contributed by atoms with Crippen LogP contribution in [-0.4, -0.2) is 20.0 Å². The van der Waals surface area contributed by atoms with Crippen LogP contribution in [0.1, 0.15) is 31.7 Å². The highest BCUT2D eigenvalue weighted by Crippen LogP contribution is 2.27.